The van der Waals surface area contributed by atoms with Crippen molar-refractivity contribution >= 4 is 7.60 Å². The van der Waals surface area contributed by atoms with Crippen LogP contribution in [0.25, 0.3) is 0 Å². The molecule has 0 spiro atoms. The lowest BCUT2D eigenvalue weighted by Gasteiger charge is -2.17. The van der Waals surface area contributed by atoms with Crippen LogP contribution in [0, 0.1) is 0 Å². The van der Waals surface area contributed by atoms with Crippen LogP contribution in [-0.2, 0) is 13.6 Å². The van der Waals surface area contributed by atoms with Gasteiger partial charge in [0, 0.05) is 12.6 Å². The first-order valence-electron chi connectivity index (χ1n) is 5.15. The molecule has 0 heterocycles. The van der Waals surface area contributed by atoms with Crippen molar-refractivity contribution in [3.8, 4) is 0 Å². The molecular weight excluding hydrogens is 201 g/mol. The van der Waals surface area contributed by atoms with E-state index >= 15 is 0 Å². The average molecular weight is 223 g/mol. The van der Waals surface area contributed by atoms with E-state index in [9.17, 15) is 4.57 Å². The Morgan fingerprint density at radius 3 is 2.07 bits per heavy atom. The molecule has 0 unspecified atom stereocenters. The largest absolute Gasteiger partial charge is 0.331 e. The summed E-state index contributed by atoms with van der Waals surface area (Å²) >= 11 is 0. The van der Waals surface area contributed by atoms with E-state index in [-0.39, 0.29) is 0 Å². The second-order valence-electron chi connectivity index (χ2n) is 3.28. The van der Waals surface area contributed by atoms with Gasteiger partial charge >= 0.3 is 7.60 Å². The van der Waals surface area contributed by atoms with Crippen molar-refractivity contribution in [3.05, 3.63) is 0 Å². The Labute approximate surface area is 86.9 Å². The first-order valence-corrected chi connectivity index (χ1v) is 6.88. The summed E-state index contributed by atoms with van der Waals surface area (Å²) in [5, 5.41) is 3.19. The highest BCUT2D eigenvalue weighted by Crippen LogP contribution is 2.47. The van der Waals surface area contributed by atoms with Gasteiger partial charge in [0.15, 0.2) is 0 Å². The molecule has 0 aromatic heterocycles. The van der Waals surface area contributed by atoms with Gasteiger partial charge < -0.3 is 14.4 Å². The third-order valence-electron chi connectivity index (χ3n) is 1.59. The van der Waals surface area contributed by atoms with Crippen molar-refractivity contribution in [2.75, 3.05) is 25.9 Å². The zero-order valence-electron chi connectivity index (χ0n) is 9.58. The van der Waals surface area contributed by atoms with Crippen molar-refractivity contribution < 1.29 is 13.6 Å². The second kappa shape index (κ2) is 7.41. The molecular formula is C9H22NO3P. The van der Waals surface area contributed by atoms with E-state index in [1.807, 2.05) is 27.7 Å². The van der Waals surface area contributed by atoms with Crippen LogP contribution in [0.2, 0.25) is 0 Å². The van der Waals surface area contributed by atoms with Crippen LogP contribution < -0.4 is 5.32 Å². The lowest BCUT2D eigenvalue weighted by Crippen LogP contribution is -2.26. The summed E-state index contributed by atoms with van der Waals surface area (Å²) in [4.78, 5) is 0. The van der Waals surface area contributed by atoms with Crippen LogP contribution in [0.4, 0.5) is 0 Å². The van der Waals surface area contributed by atoms with Crippen molar-refractivity contribution in [3.63, 3.8) is 0 Å². The number of nitrogens with one attached hydrogen (secondary N) is 1. The Hall–Kier alpha value is 0.110. The normalized spacial score (nSPS) is 12.4. The van der Waals surface area contributed by atoms with Gasteiger partial charge in [-0.25, -0.2) is 0 Å². The molecule has 0 saturated carbocycles. The highest BCUT2D eigenvalue weighted by Gasteiger charge is 2.22. The van der Waals surface area contributed by atoms with Crippen LogP contribution in [0.5, 0.6) is 0 Å². The zero-order chi connectivity index (χ0) is 11.0. The summed E-state index contributed by atoms with van der Waals surface area (Å²) in [6, 6.07) is 0.395. The molecule has 0 radical (unpaired) electrons. The summed E-state index contributed by atoms with van der Waals surface area (Å²) in [5.41, 5.74) is 0. The summed E-state index contributed by atoms with van der Waals surface area (Å²) in [6.07, 6.45) is 0.437. The Morgan fingerprint density at radius 1 is 1.21 bits per heavy atom. The maximum absolute atomic E-state index is 11.9. The highest BCUT2D eigenvalue weighted by molar-refractivity contribution is 7.53. The maximum Gasteiger partial charge on any atom is 0.331 e. The van der Waals surface area contributed by atoms with E-state index in [0.717, 1.165) is 0 Å². The minimum atomic E-state index is -2.84. The van der Waals surface area contributed by atoms with Crippen LogP contribution in [0.3, 0.4) is 0 Å². The topological polar surface area (TPSA) is 47.6 Å². The summed E-state index contributed by atoms with van der Waals surface area (Å²) in [6.45, 7) is 9.26. The molecule has 0 rings (SSSR count). The van der Waals surface area contributed by atoms with Gasteiger partial charge in [-0.3, -0.25) is 4.57 Å². The molecule has 4 nitrogen and oxygen atoms in total. The second-order valence-corrected chi connectivity index (χ2v) is 5.46. The molecule has 14 heavy (non-hydrogen) atoms. The molecule has 0 fully saturated rings. The SMILES string of the molecule is CCOP(=O)(CCNC(C)C)OCC. The summed E-state index contributed by atoms with van der Waals surface area (Å²) in [5.74, 6) is 0. The van der Waals surface area contributed by atoms with E-state index in [0.29, 0.717) is 32.0 Å². The molecule has 5 heteroatoms. The fourth-order valence-corrected chi connectivity index (χ4v) is 2.57. The van der Waals surface area contributed by atoms with E-state index < -0.39 is 7.60 Å². The van der Waals surface area contributed by atoms with Gasteiger partial charge in [-0.1, -0.05) is 13.8 Å². The smallest absolute Gasteiger partial charge is 0.314 e. The van der Waals surface area contributed by atoms with Gasteiger partial charge in [0.05, 0.1) is 19.4 Å². The van der Waals surface area contributed by atoms with Gasteiger partial charge in [-0.05, 0) is 13.8 Å². The van der Waals surface area contributed by atoms with Crippen LogP contribution in [0.15, 0.2) is 0 Å². The van der Waals surface area contributed by atoms with Gasteiger partial charge in [0.2, 0.25) is 0 Å². The Bertz CT molecular complexity index is 175. The lowest BCUT2D eigenvalue weighted by atomic mass is 10.4. The van der Waals surface area contributed by atoms with Crippen LogP contribution in [-0.4, -0.2) is 32.0 Å². The van der Waals surface area contributed by atoms with Gasteiger partial charge in [-0.2, -0.15) is 0 Å². The Morgan fingerprint density at radius 2 is 1.71 bits per heavy atom. The highest BCUT2D eigenvalue weighted by atomic mass is 31.2. The van der Waals surface area contributed by atoms with Crippen molar-refractivity contribution in [2.45, 2.75) is 33.7 Å². The standard InChI is InChI=1S/C9H22NO3P/c1-5-12-14(11,13-6-2)8-7-10-9(3)4/h9-10H,5-8H2,1-4H3. The van der Waals surface area contributed by atoms with E-state index in [1.54, 1.807) is 0 Å². The fourth-order valence-electron chi connectivity index (χ4n) is 1.05. The molecule has 0 aromatic carbocycles. The molecule has 0 atom stereocenters. The van der Waals surface area contributed by atoms with Gasteiger partial charge in [0.1, 0.15) is 0 Å². The summed E-state index contributed by atoms with van der Waals surface area (Å²) in [7, 11) is -2.84. The molecule has 0 saturated heterocycles. The predicted molar refractivity (Wildman–Crippen MR) is 58.9 cm³/mol. The average Bonchev–Trinajstić information content (AvgIpc) is 2.03. The molecule has 0 aliphatic carbocycles. The van der Waals surface area contributed by atoms with Crippen molar-refractivity contribution in [2.24, 2.45) is 0 Å². The van der Waals surface area contributed by atoms with E-state index in [1.165, 1.54) is 0 Å². The minimum absolute atomic E-state index is 0.395. The number of hydrogen-bond donors (Lipinski definition) is 1. The van der Waals surface area contributed by atoms with E-state index in [2.05, 4.69) is 5.32 Å². The molecule has 0 amide bonds. The van der Waals surface area contributed by atoms with Crippen LogP contribution >= 0.6 is 7.60 Å². The molecule has 0 bridgehead atoms. The third-order valence-corrected chi connectivity index (χ3v) is 3.66. The maximum atomic E-state index is 11.9. The fraction of sp³-hybridized carbons (Fsp3) is 1.00. The first kappa shape index (κ1) is 14.1. The van der Waals surface area contributed by atoms with Gasteiger partial charge in [-0.15, -0.1) is 0 Å². The first-order chi connectivity index (χ1) is 6.54. The lowest BCUT2D eigenvalue weighted by molar-refractivity contribution is 0.220. The number of hydrogen-bond acceptors (Lipinski definition) is 4. The monoisotopic (exact) mass is 223 g/mol. The number of rotatable bonds is 8. The minimum Gasteiger partial charge on any atom is -0.314 e. The Kier molecular flexibility index (Phi) is 7.47. The van der Waals surface area contributed by atoms with Gasteiger partial charge in [0.25, 0.3) is 0 Å². The molecule has 1 N–H and O–H groups in total. The molecule has 0 aliphatic rings. The van der Waals surface area contributed by atoms with E-state index in [4.69, 9.17) is 9.05 Å². The molecule has 0 aliphatic heterocycles. The van der Waals surface area contributed by atoms with Crippen molar-refractivity contribution in [1.29, 1.82) is 0 Å². The molecule has 86 valence electrons. The predicted octanol–water partition coefficient (Wildman–Crippen LogP) is 2.25. The zero-order valence-corrected chi connectivity index (χ0v) is 10.5. The summed E-state index contributed by atoms with van der Waals surface area (Å²) < 4.78 is 22.2. The van der Waals surface area contributed by atoms with Crippen LogP contribution in [0.1, 0.15) is 27.7 Å². The quantitative estimate of drug-likeness (QED) is 0.641. The molecule has 0 aromatic rings. The van der Waals surface area contributed by atoms with Crippen molar-refractivity contribution in [1.82, 2.24) is 5.32 Å². The third kappa shape index (κ3) is 6.55. The Balaban J connectivity index is 3.90.